The Bertz CT molecular complexity index is 869. The molecule has 3 rings (SSSR count). The number of ether oxygens (including phenoxy) is 1. The summed E-state index contributed by atoms with van der Waals surface area (Å²) in [7, 11) is 0. The fourth-order valence-electron chi connectivity index (χ4n) is 3.58. The molecular weight excluding hydrogens is 387 g/mol. The van der Waals surface area contributed by atoms with E-state index in [0.717, 1.165) is 31.1 Å². The third-order valence-corrected chi connectivity index (χ3v) is 5.05. The number of halogens is 1. The van der Waals surface area contributed by atoms with E-state index in [9.17, 15) is 14.0 Å². The minimum absolute atomic E-state index is 0.0514. The number of benzene rings is 2. The number of quaternary nitrogens is 2. The van der Waals surface area contributed by atoms with Crippen LogP contribution in [0.1, 0.15) is 6.92 Å². The second-order valence-corrected chi connectivity index (χ2v) is 7.39. The van der Waals surface area contributed by atoms with Gasteiger partial charge in [0.15, 0.2) is 13.1 Å². The number of hydrogen-bond donors (Lipinski definition) is 4. The molecule has 1 fully saturated rings. The van der Waals surface area contributed by atoms with Gasteiger partial charge in [-0.15, -0.1) is 0 Å². The zero-order chi connectivity index (χ0) is 21.3. The maximum Gasteiger partial charge on any atom is 0.279 e. The van der Waals surface area contributed by atoms with Crippen LogP contribution in [-0.4, -0.2) is 57.7 Å². The second-order valence-electron chi connectivity index (χ2n) is 7.39. The van der Waals surface area contributed by atoms with Crippen molar-refractivity contribution in [2.75, 3.05) is 56.5 Å². The molecule has 7 nitrogen and oxygen atoms in total. The van der Waals surface area contributed by atoms with E-state index < -0.39 is 0 Å². The monoisotopic (exact) mass is 416 g/mol. The first-order valence-corrected chi connectivity index (χ1v) is 10.3. The molecule has 30 heavy (non-hydrogen) atoms. The van der Waals surface area contributed by atoms with Crippen molar-refractivity contribution in [2.45, 2.75) is 6.92 Å². The average Bonchev–Trinajstić information content (AvgIpc) is 2.71. The molecule has 0 unspecified atom stereocenters. The summed E-state index contributed by atoms with van der Waals surface area (Å²) in [6, 6.07) is 13.3. The van der Waals surface area contributed by atoms with Crippen molar-refractivity contribution in [3.05, 3.63) is 54.3 Å². The lowest BCUT2D eigenvalue weighted by molar-refractivity contribution is -1.00. The number of carbonyl (C=O) groups is 2. The van der Waals surface area contributed by atoms with Gasteiger partial charge in [-0.2, -0.15) is 0 Å². The Kier molecular flexibility index (Phi) is 7.75. The number of amides is 2. The topological polar surface area (TPSA) is 76.3 Å². The minimum atomic E-state index is -0.375. The van der Waals surface area contributed by atoms with Crippen LogP contribution in [0.25, 0.3) is 0 Å². The van der Waals surface area contributed by atoms with Crippen molar-refractivity contribution in [3.63, 3.8) is 0 Å². The van der Waals surface area contributed by atoms with Gasteiger partial charge in [0.05, 0.1) is 12.3 Å². The lowest BCUT2D eigenvalue weighted by Crippen LogP contribution is -3.28. The molecule has 1 aliphatic rings. The van der Waals surface area contributed by atoms with E-state index in [1.54, 1.807) is 12.1 Å². The van der Waals surface area contributed by atoms with Crippen LogP contribution in [0.5, 0.6) is 5.75 Å². The molecule has 1 aliphatic heterocycles. The Balaban J connectivity index is 1.41. The highest BCUT2D eigenvalue weighted by molar-refractivity contribution is 5.93. The zero-order valence-corrected chi connectivity index (χ0v) is 17.2. The highest BCUT2D eigenvalue weighted by atomic mass is 19.1. The summed E-state index contributed by atoms with van der Waals surface area (Å²) in [5, 5.41) is 5.67. The summed E-state index contributed by atoms with van der Waals surface area (Å²) in [6.45, 7) is 6.37. The van der Waals surface area contributed by atoms with E-state index in [-0.39, 0.29) is 17.6 Å². The van der Waals surface area contributed by atoms with E-state index in [1.807, 2.05) is 31.2 Å². The largest absolute Gasteiger partial charge is 0.492 e. The molecular formula is C22H29FN4O3+2. The Labute approximate surface area is 175 Å². The van der Waals surface area contributed by atoms with Gasteiger partial charge in [-0.1, -0.05) is 18.2 Å². The first kappa shape index (κ1) is 21.7. The fourth-order valence-corrected chi connectivity index (χ4v) is 3.58. The first-order valence-electron chi connectivity index (χ1n) is 10.3. The molecule has 0 aliphatic carbocycles. The first-order chi connectivity index (χ1) is 14.5. The van der Waals surface area contributed by atoms with Crippen molar-refractivity contribution in [2.24, 2.45) is 0 Å². The van der Waals surface area contributed by atoms with Crippen LogP contribution in [0.4, 0.5) is 15.8 Å². The molecule has 2 amide bonds. The Morgan fingerprint density at radius 3 is 2.20 bits per heavy atom. The molecule has 160 valence electrons. The average molecular weight is 416 g/mol. The fraction of sp³-hybridized carbons (Fsp3) is 0.364. The molecule has 8 heteroatoms. The maximum absolute atomic E-state index is 13.2. The van der Waals surface area contributed by atoms with Crippen molar-refractivity contribution in [3.8, 4) is 5.75 Å². The van der Waals surface area contributed by atoms with Gasteiger partial charge in [0, 0.05) is 5.69 Å². The number of hydrogen-bond acceptors (Lipinski definition) is 3. The van der Waals surface area contributed by atoms with Crippen LogP contribution in [0, 0.1) is 5.82 Å². The van der Waals surface area contributed by atoms with E-state index in [0.29, 0.717) is 36.8 Å². The summed E-state index contributed by atoms with van der Waals surface area (Å²) >= 11 is 0. The molecule has 2 aromatic carbocycles. The van der Waals surface area contributed by atoms with Gasteiger partial charge in [-0.25, -0.2) is 4.39 Å². The molecule has 0 spiro atoms. The Hall–Kier alpha value is -2.97. The molecule has 2 aromatic rings. The van der Waals surface area contributed by atoms with Gasteiger partial charge in [-0.3, -0.25) is 9.59 Å². The lowest BCUT2D eigenvalue weighted by Gasteiger charge is -2.29. The number of anilines is 2. The SMILES string of the molecule is CCOc1ccccc1NC(=O)C[NH+]1CC[NH+](CC(=O)Nc2cccc(F)c2)CC1. The van der Waals surface area contributed by atoms with Crippen LogP contribution in [0.2, 0.25) is 0 Å². The number of carbonyl (C=O) groups excluding carboxylic acids is 2. The number of rotatable bonds is 8. The molecule has 0 bridgehead atoms. The second kappa shape index (κ2) is 10.7. The van der Waals surface area contributed by atoms with E-state index in [4.69, 9.17) is 4.74 Å². The highest BCUT2D eigenvalue weighted by Gasteiger charge is 2.26. The molecule has 0 atom stereocenters. The molecule has 1 heterocycles. The van der Waals surface area contributed by atoms with Crippen LogP contribution in [0.3, 0.4) is 0 Å². The van der Waals surface area contributed by atoms with Crippen molar-refractivity contribution >= 4 is 23.2 Å². The van der Waals surface area contributed by atoms with Gasteiger partial charge in [0.1, 0.15) is 37.7 Å². The normalized spacial score (nSPS) is 18.5. The molecule has 0 aromatic heterocycles. The van der Waals surface area contributed by atoms with Crippen LogP contribution in [0.15, 0.2) is 48.5 Å². The van der Waals surface area contributed by atoms with Gasteiger partial charge in [0.2, 0.25) is 0 Å². The number of para-hydroxylation sites is 2. The van der Waals surface area contributed by atoms with Gasteiger partial charge < -0.3 is 25.2 Å². The smallest absolute Gasteiger partial charge is 0.279 e. The van der Waals surface area contributed by atoms with Gasteiger partial charge >= 0.3 is 0 Å². The van der Waals surface area contributed by atoms with Crippen molar-refractivity contribution in [1.29, 1.82) is 0 Å². The zero-order valence-electron chi connectivity index (χ0n) is 17.2. The third kappa shape index (κ3) is 6.53. The molecule has 4 N–H and O–H groups in total. The van der Waals surface area contributed by atoms with Crippen molar-refractivity contribution < 1.29 is 28.5 Å². The van der Waals surface area contributed by atoms with Crippen LogP contribution in [-0.2, 0) is 9.59 Å². The van der Waals surface area contributed by atoms with Crippen molar-refractivity contribution in [1.82, 2.24) is 0 Å². The van der Waals surface area contributed by atoms with Gasteiger partial charge in [0.25, 0.3) is 11.8 Å². The maximum atomic E-state index is 13.2. The lowest BCUT2D eigenvalue weighted by atomic mass is 10.2. The molecule has 0 radical (unpaired) electrons. The van der Waals surface area contributed by atoms with Crippen LogP contribution < -0.4 is 25.2 Å². The summed E-state index contributed by atoms with van der Waals surface area (Å²) < 4.78 is 18.8. The van der Waals surface area contributed by atoms with E-state index >= 15 is 0 Å². The Morgan fingerprint density at radius 2 is 1.57 bits per heavy atom. The van der Waals surface area contributed by atoms with E-state index in [2.05, 4.69) is 10.6 Å². The van der Waals surface area contributed by atoms with Crippen LogP contribution >= 0.6 is 0 Å². The number of nitrogens with one attached hydrogen (secondary N) is 4. The molecule has 1 saturated heterocycles. The summed E-state index contributed by atoms with van der Waals surface area (Å²) in [5.41, 5.74) is 1.15. The predicted octanol–water partition coefficient (Wildman–Crippen LogP) is -0.415. The number of piperazine rings is 1. The summed E-state index contributed by atoms with van der Waals surface area (Å²) in [5.74, 6) is 0.107. The van der Waals surface area contributed by atoms with Gasteiger partial charge in [-0.05, 0) is 37.3 Å². The summed E-state index contributed by atoms with van der Waals surface area (Å²) in [6.07, 6.45) is 0. The Morgan fingerprint density at radius 1 is 0.933 bits per heavy atom. The summed E-state index contributed by atoms with van der Waals surface area (Å²) in [4.78, 5) is 27.0. The predicted molar refractivity (Wildman–Crippen MR) is 112 cm³/mol. The minimum Gasteiger partial charge on any atom is -0.492 e. The van der Waals surface area contributed by atoms with E-state index in [1.165, 1.54) is 17.0 Å². The third-order valence-electron chi connectivity index (χ3n) is 5.05. The highest BCUT2D eigenvalue weighted by Crippen LogP contribution is 2.23. The quantitative estimate of drug-likeness (QED) is 0.473. The molecule has 0 saturated carbocycles. The standard InChI is InChI=1S/C22H27FN4O3/c1-2-30-20-9-4-3-8-19(20)25-22(29)16-27-12-10-26(11-13-27)15-21(28)24-18-7-5-6-17(23)14-18/h3-9,14H,2,10-13,15-16H2,1H3,(H,24,28)(H,25,29)/p+2.